The summed E-state index contributed by atoms with van der Waals surface area (Å²) in [5.74, 6) is 0.466. The molecule has 0 fully saturated rings. The molecule has 2 rings (SSSR count). The van der Waals surface area contributed by atoms with Crippen molar-refractivity contribution in [3.05, 3.63) is 108 Å². The van der Waals surface area contributed by atoms with Gasteiger partial charge in [0.2, 0.25) is 0 Å². The third-order valence-electron chi connectivity index (χ3n) is 4.96. The smallest absolute Gasteiger partial charge is 0.0633 e. The summed E-state index contributed by atoms with van der Waals surface area (Å²) in [7, 11) is 0. The molecule has 0 aliphatic heterocycles. The standard InChI is InChI=1S/C28H35N3/c1-6-9-11-16-26(29)25-19-22(13-10-7-2)17-18-28(25)31-24-15-12-14-23(20-24)30-27(8-3)21(4)5/h6-13,15-21,23,29-31H,2,14H2,1,3-5H3/b9-6-,13-10-,16-11+,27-8+,29-26?. The van der Waals surface area contributed by atoms with Crippen LogP contribution in [-0.2, 0) is 0 Å². The second-order valence-corrected chi connectivity index (χ2v) is 7.73. The summed E-state index contributed by atoms with van der Waals surface area (Å²) >= 11 is 0. The number of nitrogens with one attached hydrogen (secondary N) is 3. The Bertz CT molecular complexity index is 952. The van der Waals surface area contributed by atoms with Gasteiger partial charge in [-0.15, -0.1) is 0 Å². The monoisotopic (exact) mass is 413 g/mol. The highest BCUT2D eigenvalue weighted by Gasteiger charge is 2.14. The minimum Gasteiger partial charge on any atom is -0.382 e. The van der Waals surface area contributed by atoms with Crippen LogP contribution in [-0.4, -0.2) is 11.8 Å². The molecule has 1 aliphatic rings. The Hall–Kier alpha value is -3.33. The van der Waals surface area contributed by atoms with Gasteiger partial charge in [-0.3, -0.25) is 0 Å². The third-order valence-corrected chi connectivity index (χ3v) is 4.96. The van der Waals surface area contributed by atoms with Crippen LogP contribution in [0.25, 0.3) is 6.08 Å². The van der Waals surface area contributed by atoms with Crippen molar-refractivity contribution in [1.82, 2.24) is 5.32 Å². The fourth-order valence-electron chi connectivity index (χ4n) is 3.35. The van der Waals surface area contributed by atoms with E-state index in [0.717, 1.165) is 28.9 Å². The average Bonchev–Trinajstić information content (AvgIpc) is 2.76. The lowest BCUT2D eigenvalue weighted by Gasteiger charge is -2.24. The first kappa shape index (κ1) is 23.9. The number of anilines is 1. The van der Waals surface area contributed by atoms with Crippen molar-refractivity contribution < 1.29 is 0 Å². The van der Waals surface area contributed by atoms with Crippen molar-refractivity contribution in [3.8, 4) is 0 Å². The maximum Gasteiger partial charge on any atom is 0.0633 e. The van der Waals surface area contributed by atoms with E-state index >= 15 is 0 Å². The summed E-state index contributed by atoms with van der Waals surface area (Å²) in [4.78, 5) is 0. The van der Waals surface area contributed by atoms with Crippen molar-refractivity contribution in [1.29, 1.82) is 5.41 Å². The largest absolute Gasteiger partial charge is 0.382 e. The first-order valence-corrected chi connectivity index (χ1v) is 10.9. The quantitative estimate of drug-likeness (QED) is 0.281. The third kappa shape index (κ3) is 7.45. The summed E-state index contributed by atoms with van der Waals surface area (Å²) in [6.45, 7) is 12.2. The van der Waals surface area contributed by atoms with Gasteiger partial charge in [0.15, 0.2) is 0 Å². The van der Waals surface area contributed by atoms with E-state index in [4.69, 9.17) is 5.41 Å². The number of hydrogen-bond acceptors (Lipinski definition) is 3. The molecule has 3 N–H and O–H groups in total. The molecule has 1 atom stereocenters. The molecule has 3 heteroatoms. The molecule has 0 spiro atoms. The van der Waals surface area contributed by atoms with E-state index in [-0.39, 0.29) is 6.04 Å². The zero-order chi connectivity index (χ0) is 22.6. The summed E-state index contributed by atoms with van der Waals surface area (Å²) in [6, 6.07) is 6.36. The molecule has 0 heterocycles. The van der Waals surface area contributed by atoms with Crippen molar-refractivity contribution in [2.75, 3.05) is 5.32 Å². The Kier molecular flexibility index (Phi) is 9.57. The zero-order valence-corrected chi connectivity index (χ0v) is 19.2. The van der Waals surface area contributed by atoms with Crippen molar-refractivity contribution in [3.63, 3.8) is 0 Å². The van der Waals surface area contributed by atoms with E-state index in [0.29, 0.717) is 11.6 Å². The fourth-order valence-corrected chi connectivity index (χ4v) is 3.35. The predicted molar refractivity (Wildman–Crippen MR) is 137 cm³/mol. The van der Waals surface area contributed by atoms with Crippen LogP contribution in [0, 0.1) is 11.3 Å². The Morgan fingerprint density at radius 1 is 1.19 bits per heavy atom. The Morgan fingerprint density at radius 3 is 2.68 bits per heavy atom. The number of benzene rings is 1. The van der Waals surface area contributed by atoms with Gasteiger partial charge in [-0.1, -0.05) is 75.1 Å². The highest BCUT2D eigenvalue weighted by molar-refractivity contribution is 6.10. The normalized spacial score (nSPS) is 17.0. The number of rotatable bonds is 10. The lowest BCUT2D eigenvalue weighted by Crippen LogP contribution is -2.30. The molecule has 0 aromatic heterocycles. The topological polar surface area (TPSA) is 47.9 Å². The SMILES string of the molecule is C=C/C=C\c1ccc(NC2=CC(N/C(=C/C)C(C)C)CC=C2)c(C(=N)/C=C/C=C\C)c1. The van der Waals surface area contributed by atoms with E-state index < -0.39 is 0 Å². The molecule has 0 saturated carbocycles. The second-order valence-electron chi connectivity index (χ2n) is 7.73. The molecule has 0 radical (unpaired) electrons. The molecule has 31 heavy (non-hydrogen) atoms. The first-order chi connectivity index (χ1) is 15.0. The maximum absolute atomic E-state index is 8.58. The molecule has 0 saturated heterocycles. The molecule has 3 nitrogen and oxygen atoms in total. The fraction of sp³-hybridized carbons (Fsp3) is 0.250. The van der Waals surface area contributed by atoms with E-state index in [1.165, 1.54) is 5.70 Å². The predicted octanol–water partition coefficient (Wildman–Crippen LogP) is 7.16. The second kappa shape index (κ2) is 12.4. The molecule has 0 bridgehead atoms. The highest BCUT2D eigenvalue weighted by Crippen LogP contribution is 2.24. The van der Waals surface area contributed by atoms with Crippen LogP contribution >= 0.6 is 0 Å². The van der Waals surface area contributed by atoms with Crippen molar-refractivity contribution >= 4 is 17.5 Å². The minimum absolute atomic E-state index is 0.244. The van der Waals surface area contributed by atoms with Crippen LogP contribution in [0.3, 0.4) is 0 Å². The molecular formula is C28H35N3. The molecule has 1 unspecified atom stereocenters. The van der Waals surface area contributed by atoms with Crippen molar-refractivity contribution in [2.45, 2.75) is 40.2 Å². The molecule has 162 valence electrons. The van der Waals surface area contributed by atoms with Gasteiger partial charge in [-0.25, -0.2) is 0 Å². The molecule has 1 aromatic carbocycles. The van der Waals surface area contributed by atoms with Gasteiger partial charge in [-0.05, 0) is 62.1 Å². The lowest BCUT2D eigenvalue weighted by atomic mass is 10.0. The van der Waals surface area contributed by atoms with E-state index in [1.807, 2.05) is 61.6 Å². The molecule has 1 aliphatic carbocycles. The minimum atomic E-state index is 0.244. The highest BCUT2D eigenvalue weighted by atomic mass is 14.9. The average molecular weight is 414 g/mol. The number of hydrogen-bond donors (Lipinski definition) is 3. The molecule has 0 amide bonds. The Labute approximate surface area is 187 Å². The van der Waals surface area contributed by atoms with Gasteiger partial charge < -0.3 is 16.0 Å². The maximum atomic E-state index is 8.58. The Morgan fingerprint density at radius 2 is 2.00 bits per heavy atom. The van der Waals surface area contributed by atoms with E-state index in [1.54, 1.807) is 6.08 Å². The van der Waals surface area contributed by atoms with Crippen molar-refractivity contribution in [2.24, 2.45) is 5.92 Å². The Balaban J connectivity index is 2.31. The van der Waals surface area contributed by atoms with Gasteiger partial charge in [0.25, 0.3) is 0 Å². The summed E-state index contributed by atoms with van der Waals surface area (Å²) in [5, 5.41) is 15.8. The number of allylic oxidation sites excluding steroid dienone is 9. The van der Waals surface area contributed by atoms with Gasteiger partial charge in [0.1, 0.15) is 0 Å². The first-order valence-electron chi connectivity index (χ1n) is 10.9. The van der Waals surface area contributed by atoms with Crippen LogP contribution in [0.4, 0.5) is 5.69 Å². The van der Waals surface area contributed by atoms with Crippen LogP contribution in [0.2, 0.25) is 0 Å². The lowest BCUT2D eigenvalue weighted by molar-refractivity contribution is 0.590. The van der Waals surface area contributed by atoms with Crippen LogP contribution in [0.15, 0.2) is 96.9 Å². The van der Waals surface area contributed by atoms with Crippen LogP contribution in [0.1, 0.15) is 45.2 Å². The van der Waals surface area contributed by atoms with Crippen LogP contribution in [0.5, 0.6) is 0 Å². The molecule has 1 aromatic rings. The summed E-state index contributed by atoms with van der Waals surface area (Å²) < 4.78 is 0. The van der Waals surface area contributed by atoms with Gasteiger partial charge in [0.05, 0.1) is 5.71 Å². The van der Waals surface area contributed by atoms with Gasteiger partial charge >= 0.3 is 0 Å². The van der Waals surface area contributed by atoms with E-state index in [9.17, 15) is 0 Å². The summed E-state index contributed by atoms with van der Waals surface area (Å²) in [6.07, 6.45) is 22.9. The zero-order valence-electron chi connectivity index (χ0n) is 19.2. The van der Waals surface area contributed by atoms with Gasteiger partial charge in [0, 0.05) is 28.7 Å². The van der Waals surface area contributed by atoms with Gasteiger partial charge in [-0.2, -0.15) is 0 Å². The van der Waals surface area contributed by atoms with E-state index in [2.05, 4.69) is 62.3 Å². The van der Waals surface area contributed by atoms with Crippen LogP contribution < -0.4 is 10.6 Å². The summed E-state index contributed by atoms with van der Waals surface area (Å²) in [5.41, 5.74) is 5.55. The molecular weight excluding hydrogens is 378 g/mol.